The van der Waals surface area contributed by atoms with E-state index in [1.54, 1.807) is 23.9 Å². The van der Waals surface area contributed by atoms with Gasteiger partial charge in [0.1, 0.15) is 0 Å². The van der Waals surface area contributed by atoms with Crippen LogP contribution in [0.1, 0.15) is 0 Å². The number of fused-ring (bicyclic) bond motifs is 1. The molecule has 1 aliphatic rings. The molecule has 0 spiro atoms. The maximum atomic E-state index is 12.4. The topological polar surface area (TPSA) is 54.3 Å². The van der Waals surface area contributed by atoms with Crippen molar-refractivity contribution in [2.45, 2.75) is 6.54 Å². The zero-order valence-electron chi connectivity index (χ0n) is 13.3. The molecule has 1 fully saturated rings. The van der Waals surface area contributed by atoms with Gasteiger partial charge in [0.15, 0.2) is 0 Å². The Kier molecular flexibility index (Phi) is 4.27. The van der Waals surface area contributed by atoms with Crippen molar-refractivity contribution in [2.24, 2.45) is 0 Å². The summed E-state index contributed by atoms with van der Waals surface area (Å²) in [6.07, 6.45) is 3.56. The van der Waals surface area contributed by atoms with Crippen LogP contribution in [0.2, 0.25) is 0 Å². The van der Waals surface area contributed by atoms with E-state index in [9.17, 15) is 4.79 Å². The molecular weight excluding hydrogens is 322 g/mol. The normalized spacial score (nSPS) is 15.9. The Labute approximate surface area is 144 Å². The molecule has 124 valence electrons. The Balaban J connectivity index is 1.36. The second kappa shape index (κ2) is 6.70. The highest BCUT2D eigenvalue weighted by molar-refractivity contribution is 7.13. The number of piperazine rings is 1. The van der Waals surface area contributed by atoms with E-state index in [2.05, 4.69) is 19.8 Å². The summed E-state index contributed by atoms with van der Waals surface area (Å²) in [4.78, 5) is 25.6. The van der Waals surface area contributed by atoms with Crippen molar-refractivity contribution in [1.82, 2.24) is 18.8 Å². The second-order valence-corrected chi connectivity index (χ2v) is 6.94. The van der Waals surface area contributed by atoms with Crippen molar-refractivity contribution >= 4 is 27.6 Å². The lowest BCUT2D eigenvalue weighted by Crippen LogP contribution is -2.48. The van der Waals surface area contributed by atoms with Gasteiger partial charge in [-0.2, -0.15) is 0 Å². The smallest absolute Gasteiger partial charge is 0.268 e. The molecule has 0 atom stereocenters. The largest absolute Gasteiger partial charge is 0.338 e. The van der Waals surface area contributed by atoms with Crippen LogP contribution in [0.25, 0.3) is 10.1 Å². The lowest BCUT2D eigenvalue weighted by atomic mass is 10.3. The molecule has 0 amide bonds. The van der Waals surface area contributed by atoms with Gasteiger partial charge in [0.25, 0.3) is 5.56 Å². The first-order valence-corrected chi connectivity index (χ1v) is 8.92. The molecule has 0 unspecified atom stereocenters. The number of aromatic nitrogens is 3. The Morgan fingerprint density at radius 1 is 0.958 bits per heavy atom. The summed E-state index contributed by atoms with van der Waals surface area (Å²) in [5, 5.41) is 0.827. The van der Waals surface area contributed by atoms with Gasteiger partial charge in [-0.25, -0.2) is 9.97 Å². The van der Waals surface area contributed by atoms with Crippen LogP contribution in [-0.2, 0) is 6.54 Å². The summed E-state index contributed by atoms with van der Waals surface area (Å²) in [6, 6.07) is 9.65. The first kappa shape index (κ1) is 15.3. The van der Waals surface area contributed by atoms with E-state index in [4.69, 9.17) is 0 Å². The molecule has 0 bridgehead atoms. The molecule has 1 aliphatic heterocycles. The number of hydrogen-bond donors (Lipinski definition) is 0. The summed E-state index contributed by atoms with van der Waals surface area (Å²) in [5.74, 6) is 0.804. The van der Waals surface area contributed by atoms with Gasteiger partial charge in [0, 0.05) is 51.7 Å². The predicted octanol–water partition coefficient (Wildman–Crippen LogP) is 1.68. The van der Waals surface area contributed by atoms with Crippen LogP contribution < -0.4 is 10.5 Å². The molecule has 2 aromatic heterocycles. The molecule has 4 rings (SSSR count). The number of hydrogen-bond acceptors (Lipinski definition) is 6. The Bertz CT molecular complexity index is 867. The van der Waals surface area contributed by atoms with Crippen molar-refractivity contribution < 1.29 is 0 Å². The minimum Gasteiger partial charge on any atom is -0.338 e. The van der Waals surface area contributed by atoms with Crippen LogP contribution in [0.4, 0.5) is 5.95 Å². The van der Waals surface area contributed by atoms with E-state index in [-0.39, 0.29) is 5.56 Å². The fourth-order valence-corrected chi connectivity index (χ4v) is 4.01. The third-order valence-corrected chi connectivity index (χ3v) is 5.50. The van der Waals surface area contributed by atoms with Gasteiger partial charge in [-0.15, -0.1) is 0 Å². The number of benzene rings is 1. The monoisotopic (exact) mass is 341 g/mol. The van der Waals surface area contributed by atoms with Crippen molar-refractivity contribution in [3.8, 4) is 0 Å². The van der Waals surface area contributed by atoms with Crippen LogP contribution in [0.5, 0.6) is 0 Å². The molecule has 1 saturated heterocycles. The van der Waals surface area contributed by atoms with Crippen LogP contribution >= 0.6 is 11.5 Å². The lowest BCUT2D eigenvalue weighted by molar-refractivity contribution is 0.249. The first-order chi connectivity index (χ1) is 11.8. The minimum atomic E-state index is 0.131. The van der Waals surface area contributed by atoms with Gasteiger partial charge in [-0.1, -0.05) is 23.7 Å². The molecule has 24 heavy (non-hydrogen) atoms. The maximum absolute atomic E-state index is 12.4. The van der Waals surface area contributed by atoms with Crippen molar-refractivity contribution in [3.63, 3.8) is 0 Å². The summed E-state index contributed by atoms with van der Waals surface area (Å²) >= 11 is 1.56. The predicted molar refractivity (Wildman–Crippen MR) is 96.8 cm³/mol. The average molecular weight is 341 g/mol. The number of nitrogens with zero attached hydrogens (tertiary/aromatic N) is 5. The molecule has 0 N–H and O–H groups in total. The third kappa shape index (κ3) is 3.05. The number of rotatable bonds is 4. The minimum absolute atomic E-state index is 0.131. The second-order valence-electron chi connectivity index (χ2n) is 5.87. The van der Waals surface area contributed by atoms with E-state index in [0.29, 0.717) is 0 Å². The van der Waals surface area contributed by atoms with Crippen molar-refractivity contribution in [1.29, 1.82) is 0 Å². The molecule has 6 nitrogen and oxygen atoms in total. The SMILES string of the molecule is O=c1c2ccccc2sn1CCN1CCN(c2ncccn2)CC1. The van der Waals surface area contributed by atoms with Gasteiger partial charge >= 0.3 is 0 Å². The molecule has 0 radical (unpaired) electrons. The molecule has 0 aliphatic carbocycles. The van der Waals surface area contributed by atoms with Crippen molar-refractivity contribution in [3.05, 3.63) is 53.1 Å². The van der Waals surface area contributed by atoms with Gasteiger partial charge in [-0.3, -0.25) is 13.7 Å². The number of anilines is 1. The van der Waals surface area contributed by atoms with Crippen LogP contribution in [0, 0.1) is 0 Å². The van der Waals surface area contributed by atoms with Crippen molar-refractivity contribution in [2.75, 3.05) is 37.6 Å². The van der Waals surface area contributed by atoms with Crippen LogP contribution in [-0.4, -0.2) is 51.5 Å². The maximum Gasteiger partial charge on any atom is 0.268 e. The first-order valence-electron chi connectivity index (χ1n) is 8.14. The molecular formula is C17H19N5OS. The van der Waals surface area contributed by atoms with E-state index in [1.807, 2.05) is 34.3 Å². The van der Waals surface area contributed by atoms with Gasteiger partial charge in [-0.05, 0) is 18.2 Å². The fourth-order valence-electron chi connectivity index (χ4n) is 3.02. The summed E-state index contributed by atoms with van der Waals surface area (Å²) in [5.41, 5.74) is 0.131. The van der Waals surface area contributed by atoms with E-state index in [0.717, 1.165) is 55.3 Å². The van der Waals surface area contributed by atoms with E-state index < -0.39 is 0 Å². The van der Waals surface area contributed by atoms with Gasteiger partial charge in [0.05, 0.1) is 10.1 Å². The molecule has 1 aromatic carbocycles. The zero-order valence-corrected chi connectivity index (χ0v) is 14.2. The summed E-state index contributed by atoms with van der Waals surface area (Å²) in [7, 11) is 0. The average Bonchev–Trinajstić information content (AvgIpc) is 2.97. The highest BCUT2D eigenvalue weighted by Crippen LogP contribution is 2.16. The molecule has 0 saturated carbocycles. The Hall–Kier alpha value is -2.25. The molecule has 3 aromatic rings. The quantitative estimate of drug-likeness (QED) is 0.723. The highest BCUT2D eigenvalue weighted by atomic mass is 32.1. The Morgan fingerprint density at radius 3 is 2.46 bits per heavy atom. The standard InChI is InChI=1S/C17H19N5OS/c23-16-14-4-1-2-5-15(14)24-22(16)13-10-20-8-11-21(12-9-20)17-18-6-3-7-19-17/h1-7H,8-13H2. The third-order valence-electron chi connectivity index (χ3n) is 4.38. The van der Waals surface area contributed by atoms with Crippen LogP contribution in [0.3, 0.4) is 0 Å². The van der Waals surface area contributed by atoms with E-state index in [1.165, 1.54) is 0 Å². The Morgan fingerprint density at radius 2 is 1.71 bits per heavy atom. The van der Waals surface area contributed by atoms with Gasteiger partial charge < -0.3 is 4.90 Å². The molecule has 7 heteroatoms. The van der Waals surface area contributed by atoms with Gasteiger partial charge in [0.2, 0.25) is 5.95 Å². The zero-order chi connectivity index (χ0) is 16.4. The summed E-state index contributed by atoms with van der Waals surface area (Å²) < 4.78 is 2.94. The fraction of sp³-hybridized carbons (Fsp3) is 0.353. The lowest BCUT2D eigenvalue weighted by Gasteiger charge is -2.34. The molecule has 3 heterocycles. The highest BCUT2D eigenvalue weighted by Gasteiger charge is 2.18. The summed E-state index contributed by atoms with van der Waals surface area (Å²) in [6.45, 7) is 5.43. The van der Waals surface area contributed by atoms with E-state index >= 15 is 0 Å². The van der Waals surface area contributed by atoms with Crippen LogP contribution in [0.15, 0.2) is 47.5 Å².